The Bertz CT molecular complexity index is 113. The van der Waals surface area contributed by atoms with E-state index in [9.17, 15) is 10.2 Å². The molecule has 0 aliphatic heterocycles. The van der Waals surface area contributed by atoms with Crippen LogP contribution in [0.2, 0.25) is 0 Å². The Labute approximate surface area is 68.2 Å². The van der Waals surface area contributed by atoms with Crippen LogP contribution >= 0.6 is 0 Å². The fourth-order valence-corrected chi connectivity index (χ4v) is 0.835. The minimum atomic E-state index is -1.01. The van der Waals surface area contributed by atoms with Crippen LogP contribution in [0, 0.1) is 5.92 Å². The van der Waals surface area contributed by atoms with Gasteiger partial charge in [0.05, 0.1) is 11.7 Å². The summed E-state index contributed by atoms with van der Waals surface area (Å²) in [6, 6.07) is 0. The molecule has 0 spiro atoms. The number of rotatable bonds is 4. The van der Waals surface area contributed by atoms with E-state index in [-0.39, 0.29) is 5.92 Å². The molecular formula is C8H19NO2. The summed E-state index contributed by atoms with van der Waals surface area (Å²) in [4.78, 5) is 0. The minimum Gasteiger partial charge on any atom is -0.390 e. The van der Waals surface area contributed by atoms with Crippen molar-refractivity contribution < 1.29 is 10.2 Å². The van der Waals surface area contributed by atoms with Gasteiger partial charge in [0.15, 0.2) is 0 Å². The molecule has 0 radical (unpaired) electrons. The summed E-state index contributed by atoms with van der Waals surface area (Å²) in [6.07, 6.45) is -0.266. The van der Waals surface area contributed by atoms with Gasteiger partial charge in [-0.3, -0.25) is 0 Å². The van der Waals surface area contributed by atoms with Gasteiger partial charge in [-0.25, -0.2) is 0 Å². The Morgan fingerprint density at radius 2 is 1.91 bits per heavy atom. The molecule has 0 aromatic carbocycles. The molecule has 0 aliphatic rings. The van der Waals surface area contributed by atoms with Crippen LogP contribution in [0.15, 0.2) is 0 Å². The molecule has 0 heterocycles. The second-order valence-electron chi connectivity index (χ2n) is 3.47. The molecular weight excluding hydrogens is 142 g/mol. The van der Waals surface area contributed by atoms with Crippen molar-refractivity contribution in [2.24, 2.45) is 11.7 Å². The van der Waals surface area contributed by atoms with E-state index in [0.29, 0.717) is 13.0 Å². The summed E-state index contributed by atoms with van der Waals surface area (Å²) in [5.41, 5.74) is 4.24. The maximum Gasteiger partial charge on any atom is 0.0900 e. The van der Waals surface area contributed by atoms with Gasteiger partial charge in [0.2, 0.25) is 0 Å². The van der Waals surface area contributed by atoms with Crippen LogP contribution in [-0.2, 0) is 0 Å². The van der Waals surface area contributed by atoms with Crippen LogP contribution in [0.5, 0.6) is 0 Å². The molecule has 0 saturated heterocycles. The Hall–Kier alpha value is -0.120. The SMILES string of the molecule is CC(C)C(C)(O)C(O)CCN. The average molecular weight is 161 g/mol. The molecule has 0 aliphatic carbocycles. The van der Waals surface area contributed by atoms with Gasteiger partial charge in [0, 0.05) is 0 Å². The zero-order valence-corrected chi connectivity index (χ0v) is 7.54. The first kappa shape index (κ1) is 10.9. The molecule has 0 rings (SSSR count). The van der Waals surface area contributed by atoms with Crippen molar-refractivity contribution in [2.45, 2.75) is 38.9 Å². The van der Waals surface area contributed by atoms with Crippen LogP contribution in [0.1, 0.15) is 27.2 Å². The van der Waals surface area contributed by atoms with Crippen molar-refractivity contribution in [3.63, 3.8) is 0 Å². The Kier molecular flexibility index (Phi) is 4.00. The molecule has 0 fully saturated rings. The molecule has 2 unspecified atom stereocenters. The highest BCUT2D eigenvalue weighted by molar-refractivity contribution is 4.84. The zero-order chi connectivity index (χ0) is 9.07. The van der Waals surface area contributed by atoms with E-state index < -0.39 is 11.7 Å². The van der Waals surface area contributed by atoms with Gasteiger partial charge in [-0.2, -0.15) is 0 Å². The lowest BCUT2D eigenvalue weighted by molar-refractivity contribution is -0.0934. The third kappa shape index (κ3) is 2.77. The van der Waals surface area contributed by atoms with E-state index in [2.05, 4.69) is 0 Å². The van der Waals surface area contributed by atoms with Crippen LogP contribution < -0.4 is 5.73 Å². The van der Waals surface area contributed by atoms with Crippen molar-refractivity contribution >= 4 is 0 Å². The molecule has 3 nitrogen and oxygen atoms in total. The monoisotopic (exact) mass is 161 g/mol. The van der Waals surface area contributed by atoms with Crippen LogP contribution in [0.4, 0.5) is 0 Å². The van der Waals surface area contributed by atoms with Crippen molar-refractivity contribution in [3.05, 3.63) is 0 Å². The summed E-state index contributed by atoms with van der Waals surface area (Å²) in [6.45, 7) is 5.79. The highest BCUT2D eigenvalue weighted by Gasteiger charge is 2.32. The van der Waals surface area contributed by atoms with Crippen molar-refractivity contribution in [1.29, 1.82) is 0 Å². The van der Waals surface area contributed by atoms with Gasteiger partial charge in [0.25, 0.3) is 0 Å². The number of nitrogens with two attached hydrogens (primary N) is 1. The predicted molar refractivity (Wildman–Crippen MR) is 45.1 cm³/mol. The normalized spacial score (nSPS) is 19.9. The third-order valence-electron chi connectivity index (χ3n) is 2.28. The van der Waals surface area contributed by atoms with Crippen molar-refractivity contribution in [2.75, 3.05) is 6.54 Å². The van der Waals surface area contributed by atoms with E-state index in [4.69, 9.17) is 5.73 Å². The molecule has 4 N–H and O–H groups in total. The quantitative estimate of drug-likeness (QED) is 0.548. The minimum absolute atomic E-state index is 0.0454. The van der Waals surface area contributed by atoms with Crippen LogP contribution in [-0.4, -0.2) is 28.5 Å². The van der Waals surface area contributed by atoms with Crippen molar-refractivity contribution in [1.82, 2.24) is 0 Å². The second-order valence-corrected chi connectivity index (χ2v) is 3.47. The summed E-state index contributed by atoms with van der Waals surface area (Å²) in [7, 11) is 0. The summed E-state index contributed by atoms with van der Waals surface area (Å²) in [5.74, 6) is 0.0454. The molecule has 0 amide bonds. The molecule has 0 aromatic rings. The topological polar surface area (TPSA) is 66.5 Å². The van der Waals surface area contributed by atoms with Gasteiger partial charge >= 0.3 is 0 Å². The van der Waals surface area contributed by atoms with E-state index in [0.717, 1.165) is 0 Å². The second kappa shape index (κ2) is 4.04. The van der Waals surface area contributed by atoms with E-state index in [1.54, 1.807) is 6.92 Å². The highest BCUT2D eigenvalue weighted by Crippen LogP contribution is 2.21. The first-order valence-corrected chi connectivity index (χ1v) is 4.03. The van der Waals surface area contributed by atoms with Crippen molar-refractivity contribution in [3.8, 4) is 0 Å². The third-order valence-corrected chi connectivity index (χ3v) is 2.28. The van der Waals surface area contributed by atoms with Crippen LogP contribution in [0.25, 0.3) is 0 Å². The molecule has 0 aromatic heterocycles. The fourth-order valence-electron chi connectivity index (χ4n) is 0.835. The Balaban J connectivity index is 4.05. The maximum atomic E-state index is 9.69. The van der Waals surface area contributed by atoms with Crippen LogP contribution in [0.3, 0.4) is 0 Å². The van der Waals surface area contributed by atoms with Gasteiger partial charge in [-0.05, 0) is 25.8 Å². The number of hydrogen-bond donors (Lipinski definition) is 3. The zero-order valence-electron chi connectivity index (χ0n) is 7.54. The molecule has 2 atom stereocenters. The largest absolute Gasteiger partial charge is 0.390 e. The lowest BCUT2D eigenvalue weighted by atomic mass is 9.85. The molecule has 11 heavy (non-hydrogen) atoms. The maximum absolute atomic E-state index is 9.69. The Morgan fingerprint density at radius 3 is 2.18 bits per heavy atom. The lowest BCUT2D eigenvalue weighted by Crippen LogP contribution is -2.44. The van der Waals surface area contributed by atoms with Gasteiger partial charge in [-0.1, -0.05) is 13.8 Å². The fraction of sp³-hybridized carbons (Fsp3) is 1.00. The predicted octanol–water partition coefficient (Wildman–Crippen LogP) is 0.103. The number of hydrogen-bond acceptors (Lipinski definition) is 3. The summed E-state index contributed by atoms with van der Waals surface area (Å²) < 4.78 is 0. The molecule has 3 heteroatoms. The van der Waals surface area contributed by atoms with E-state index in [1.807, 2.05) is 13.8 Å². The average Bonchev–Trinajstić information content (AvgIpc) is 1.88. The lowest BCUT2D eigenvalue weighted by Gasteiger charge is -2.32. The molecule has 68 valence electrons. The standard InChI is InChI=1S/C8H19NO2/c1-6(2)8(3,11)7(10)4-5-9/h6-7,10-11H,4-5,9H2,1-3H3. The van der Waals surface area contributed by atoms with Gasteiger partial charge in [-0.15, -0.1) is 0 Å². The van der Waals surface area contributed by atoms with Gasteiger partial charge in [0.1, 0.15) is 0 Å². The number of aliphatic hydroxyl groups excluding tert-OH is 1. The molecule has 0 saturated carbocycles. The smallest absolute Gasteiger partial charge is 0.0900 e. The molecule has 0 bridgehead atoms. The van der Waals surface area contributed by atoms with Gasteiger partial charge < -0.3 is 15.9 Å². The summed E-state index contributed by atoms with van der Waals surface area (Å²) in [5, 5.41) is 19.1. The first-order valence-electron chi connectivity index (χ1n) is 4.03. The highest BCUT2D eigenvalue weighted by atomic mass is 16.3. The van der Waals surface area contributed by atoms with E-state index in [1.165, 1.54) is 0 Å². The summed E-state index contributed by atoms with van der Waals surface area (Å²) >= 11 is 0. The first-order chi connectivity index (χ1) is 4.92. The Morgan fingerprint density at radius 1 is 1.45 bits per heavy atom. The van der Waals surface area contributed by atoms with E-state index >= 15 is 0 Å². The number of aliphatic hydroxyl groups is 2.